The van der Waals surface area contributed by atoms with Crippen LogP contribution >= 0.6 is 0 Å². The number of rotatable bonds is 7. The Labute approximate surface area is 121 Å². The van der Waals surface area contributed by atoms with E-state index in [9.17, 15) is 5.11 Å². The Kier molecular flexibility index (Phi) is 3.99. The predicted octanol–water partition coefficient (Wildman–Crippen LogP) is 2.30. The normalized spacial score (nSPS) is 20.5. The summed E-state index contributed by atoms with van der Waals surface area (Å²) in [4.78, 5) is 0. The topological polar surface area (TPSA) is 41.5 Å². The number of benzene rings is 1. The lowest BCUT2D eigenvalue weighted by atomic mass is 9.95. The first-order chi connectivity index (χ1) is 9.77. The van der Waals surface area contributed by atoms with E-state index >= 15 is 0 Å². The molecular formula is C17H25NO2. The molecule has 110 valence electrons. The van der Waals surface area contributed by atoms with Crippen LogP contribution < -0.4 is 10.1 Å². The highest BCUT2D eigenvalue weighted by Gasteiger charge is 2.45. The fourth-order valence-electron chi connectivity index (χ4n) is 3.38. The molecule has 2 aliphatic rings. The summed E-state index contributed by atoms with van der Waals surface area (Å²) >= 11 is 0. The summed E-state index contributed by atoms with van der Waals surface area (Å²) in [5.41, 5.74) is 2.65. The van der Waals surface area contributed by atoms with Gasteiger partial charge in [0.05, 0.1) is 12.1 Å². The molecule has 1 aromatic rings. The van der Waals surface area contributed by atoms with Gasteiger partial charge >= 0.3 is 0 Å². The molecule has 0 saturated heterocycles. The highest BCUT2D eigenvalue weighted by Crippen LogP contribution is 2.40. The second-order valence-corrected chi connectivity index (χ2v) is 6.19. The van der Waals surface area contributed by atoms with Crippen molar-refractivity contribution in [1.29, 1.82) is 0 Å². The largest absolute Gasteiger partial charge is 0.492 e. The van der Waals surface area contributed by atoms with E-state index in [2.05, 4.69) is 30.4 Å². The van der Waals surface area contributed by atoms with Crippen LogP contribution in [0.4, 0.5) is 0 Å². The molecule has 3 heteroatoms. The van der Waals surface area contributed by atoms with Crippen LogP contribution in [-0.2, 0) is 12.8 Å². The second kappa shape index (κ2) is 5.74. The number of aliphatic hydroxyl groups is 1. The van der Waals surface area contributed by atoms with Crippen LogP contribution in [0, 0.1) is 5.92 Å². The van der Waals surface area contributed by atoms with Crippen LogP contribution in [0.25, 0.3) is 0 Å². The Morgan fingerprint density at radius 2 is 2.10 bits per heavy atom. The maximum Gasteiger partial charge on any atom is 0.119 e. The fourth-order valence-corrected chi connectivity index (χ4v) is 3.38. The summed E-state index contributed by atoms with van der Waals surface area (Å²) in [5, 5.41) is 13.3. The molecule has 0 amide bonds. The van der Waals surface area contributed by atoms with Crippen molar-refractivity contribution in [2.45, 2.75) is 44.6 Å². The highest BCUT2D eigenvalue weighted by atomic mass is 16.5. The van der Waals surface area contributed by atoms with E-state index in [4.69, 9.17) is 4.74 Å². The lowest BCUT2D eigenvalue weighted by Crippen LogP contribution is -2.55. The standard InChI is InChI=1S/C17H25NO2/c1-2-18-17(11-19,15-7-8-15)12-20-16-9-6-13-4-3-5-14(13)10-16/h6,9-10,15,18-19H,2-5,7-8,11-12H2,1H3. The van der Waals surface area contributed by atoms with Crippen LogP contribution in [0.15, 0.2) is 18.2 Å². The van der Waals surface area contributed by atoms with Crippen molar-refractivity contribution in [3.63, 3.8) is 0 Å². The number of hydrogen-bond donors (Lipinski definition) is 2. The molecule has 0 bridgehead atoms. The van der Waals surface area contributed by atoms with Crippen molar-refractivity contribution in [2.75, 3.05) is 19.8 Å². The first kappa shape index (κ1) is 13.9. The van der Waals surface area contributed by atoms with Crippen LogP contribution in [0.2, 0.25) is 0 Å². The Balaban J connectivity index is 1.67. The number of fused-ring (bicyclic) bond motifs is 1. The Bertz CT molecular complexity index is 470. The van der Waals surface area contributed by atoms with Gasteiger partial charge in [-0.2, -0.15) is 0 Å². The third kappa shape index (κ3) is 2.70. The van der Waals surface area contributed by atoms with Gasteiger partial charge in [-0.25, -0.2) is 0 Å². The van der Waals surface area contributed by atoms with Crippen LogP contribution in [0.1, 0.15) is 37.3 Å². The molecule has 1 atom stereocenters. The van der Waals surface area contributed by atoms with Crippen LogP contribution in [-0.4, -0.2) is 30.4 Å². The highest BCUT2D eigenvalue weighted by molar-refractivity contribution is 5.38. The lowest BCUT2D eigenvalue weighted by molar-refractivity contribution is 0.0864. The average Bonchev–Trinajstić information content (AvgIpc) is 3.22. The zero-order valence-electron chi connectivity index (χ0n) is 12.3. The summed E-state index contributed by atoms with van der Waals surface area (Å²) in [7, 11) is 0. The van der Waals surface area contributed by atoms with Crippen molar-refractivity contribution in [2.24, 2.45) is 5.92 Å². The zero-order valence-corrected chi connectivity index (χ0v) is 12.3. The van der Waals surface area contributed by atoms with E-state index in [1.165, 1.54) is 43.2 Å². The Morgan fingerprint density at radius 3 is 2.80 bits per heavy atom. The molecule has 0 radical (unpaired) electrons. The van der Waals surface area contributed by atoms with Crippen LogP contribution in [0.5, 0.6) is 5.75 Å². The SMILES string of the molecule is CCNC(CO)(COc1ccc2c(c1)CCC2)C1CC1. The molecule has 2 N–H and O–H groups in total. The third-order valence-corrected chi connectivity index (χ3v) is 4.74. The van der Waals surface area contributed by atoms with Gasteiger partial charge in [0.1, 0.15) is 12.4 Å². The lowest BCUT2D eigenvalue weighted by Gasteiger charge is -2.33. The molecule has 0 spiro atoms. The van der Waals surface area contributed by atoms with E-state index in [-0.39, 0.29) is 12.1 Å². The number of hydrogen-bond acceptors (Lipinski definition) is 3. The van der Waals surface area contributed by atoms with Gasteiger partial charge in [0.25, 0.3) is 0 Å². The number of aliphatic hydroxyl groups excluding tert-OH is 1. The van der Waals surface area contributed by atoms with Gasteiger partial charge in [0, 0.05) is 0 Å². The Hall–Kier alpha value is -1.06. The molecule has 3 nitrogen and oxygen atoms in total. The molecule has 1 aromatic carbocycles. The van der Waals surface area contributed by atoms with Gasteiger partial charge in [-0.3, -0.25) is 0 Å². The predicted molar refractivity (Wildman–Crippen MR) is 80.2 cm³/mol. The smallest absolute Gasteiger partial charge is 0.119 e. The van der Waals surface area contributed by atoms with E-state index in [1.54, 1.807) is 0 Å². The molecule has 1 saturated carbocycles. The number of aryl methyl sites for hydroxylation is 2. The molecule has 20 heavy (non-hydrogen) atoms. The van der Waals surface area contributed by atoms with Crippen molar-refractivity contribution >= 4 is 0 Å². The molecule has 0 heterocycles. The molecule has 3 rings (SSSR count). The minimum Gasteiger partial charge on any atom is -0.492 e. The van der Waals surface area contributed by atoms with Crippen molar-refractivity contribution in [1.82, 2.24) is 5.32 Å². The number of nitrogens with one attached hydrogen (secondary N) is 1. The second-order valence-electron chi connectivity index (χ2n) is 6.19. The maximum atomic E-state index is 9.81. The van der Waals surface area contributed by atoms with E-state index < -0.39 is 0 Å². The molecule has 1 fully saturated rings. The van der Waals surface area contributed by atoms with Crippen molar-refractivity contribution in [3.05, 3.63) is 29.3 Å². The van der Waals surface area contributed by atoms with Crippen molar-refractivity contribution < 1.29 is 9.84 Å². The molecule has 2 aliphatic carbocycles. The minimum absolute atomic E-state index is 0.149. The first-order valence-electron chi connectivity index (χ1n) is 7.88. The Morgan fingerprint density at radius 1 is 1.30 bits per heavy atom. The van der Waals surface area contributed by atoms with E-state index in [1.807, 2.05) is 0 Å². The maximum absolute atomic E-state index is 9.81. The van der Waals surface area contributed by atoms with Crippen LogP contribution in [0.3, 0.4) is 0 Å². The molecule has 0 aromatic heterocycles. The third-order valence-electron chi connectivity index (χ3n) is 4.74. The average molecular weight is 275 g/mol. The molecule has 1 unspecified atom stereocenters. The summed E-state index contributed by atoms with van der Waals surface area (Å²) < 4.78 is 6.02. The van der Waals surface area contributed by atoms with Gasteiger partial charge in [-0.15, -0.1) is 0 Å². The minimum atomic E-state index is -0.256. The van der Waals surface area contributed by atoms with Gasteiger partial charge in [-0.05, 0) is 67.8 Å². The first-order valence-corrected chi connectivity index (χ1v) is 7.88. The summed E-state index contributed by atoms with van der Waals surface area (Å²) in [5.74, 6) is 1.50. The van der Waals surface area contributed by atoms with Gasteiger partial charge < -0.3 is 15.2 Å². The summed E-state index contributed by atoms with van der Waals surface area (Å²) in [6.07, 6.45) is 6.03. The van der Waals surface area contributed by atoms with Crippen molar-refractivity contribution in [3.8, 4) is 5.75 Å². The van der Waals surface area contributed by atoms with Gasteiger partial charge in [0.2, 0.25) is 0 Å². The monoisotopic (exact) mass is 275 g/mol. The van der Waals surface area contributed by atoms with E-state index in [0.717, 1.165) is 12.3 Å². The number of ether oxygens (including phenoxy) is 1. The number of likely N-dealkylation sites (N-methyl/N-ethyl adjacent to an activating group) is 1. The molecular weight excluding hydrogens is 250 g/mol. The van der Waals surface area contributed by atoms with Gasteiger partial charge in [-0.1, -0.05) is 13.0 Å². The zero-order chi connectivity index (χ0) is 14.0. The molecule has 0 aliphatic heterocycles. The quantitative estimate of drug-likeness (QED) is 0.802. The summed E-state index contributed by atoms with van der Waals surface area (Å²) in [6, 6.07) is 6.46. The van der Waals surface area contributed by atoms with E-state index in [0.29, 0.717) is 12.5 Å². The summed E-state index contributed by atoms with van der Waals surface area (Å²) in [6.45, 7) is 3.66. The van der Waals surface area contributed by atoms with Gasteiger partial charge in [0.15, 0.2) is 0 Å². The fraction of sp³-hybridized carbons (Fsp3) is 0.647.